The van der Waals surface area contributed by atoms with Gasteiger partial charge in [0.15, 0.2) is 0 Å². The number of rotatable bonds is 8. The van der Waals surface area contributed by atoms with Crippen LogP contribution in [0.3, 0.4) is 0 Å². The molecule has 0 saturated heterocycles. The van der Waals surface area contributed by atoms with Crippen molar-refractivity contribution in [2.24, 2.45) is 5.92 Å². The first-order valence-electron chi connectivity index (χ1n) is 6.37. The Hall–Kier alpha value is -0.570. The maximum atomic E-state index is 11.4. The van der Waals surface area contributed by atoms with E-state index in [0.717, 1.165) is 6.42 Å². The van der Waals surface area contributed by atoms with Crippen molar-refractivity contribution in [1.82, 2.24) is 5.32 Å². The van der Waals surface area contributed by atoms with Crippen molar-refractivity contribution in [3.63, 3.8) is 0 Å². The van der Waals surface area contributed by atoms with Crippen LogP contribution in [0.15, 0.2) is 0 Å². The zero-order valence-corrected chi connectivity index (χ0v) is 11.4. The topological polar surface area (TPSA) is 38.3 Å². The predicted molar refractivity (Wildman–Crippen MR) is 67.4 cm³/mol. The van der Waals surface area contributed by atoms with E-state index in [0.29, 0.717) is 25.0 Å². The lowest BCUT2D eigenvalue weighted by atomic mass is 10.1. The number of hydrogen-bond acceptors (Lipinski definition) is 3. The number of carbonyl (C=O) groups excluding carboxylic acids is 1. The summed E-state index contributed by atoms with van der Waals surface area (Å²) in [6.07, 6.45) is 2.77. The number of ether oxygens (including phenoxy) is 1. The number of hydrogen-bond donors (Lipinski definition) is 1. The first kappa shape index (κ1) is 15.4. The minimum absolute atomic E-state index is 0.0996. The van der Waals surface area contributed by atoms with Crippen LogP contribution < -0.4 is 5.32 Å². The van der Waals surface area contributed by atoms with E-state index in [1.54, 1.807) is 0 Å². The Morgan fingerprint density at radius 1 is 1.19 bits per heavy atom. The van der Waals surface area contributed by atoms with E-state index in [-0.39, 0.29) is 12.0 Å². The molecule has 0 amide bonds. The Balaban J connectivity index is 3.69. The van der Waals surface area contributed by atoms with Crippen LogP contribution in [0.2, 0.25) is 0 Å². The highest BCUT2D eigenvalue weighted by Crippen LogP contribution is 2.02. The fraction of sp³-hybridized carbons (Fsp3) is 0.923. The van der Waals surface area contributed by atoms with Crippen molar-refractivity contribution in [3.8, 4) is 0 Å². The molecule has 0 aromatic heterocycles. The molecule has 0 aromatic rings. The van der Waals surface area contributed by atoms with Crippen LogP contribution in [0, 0.1) is 5.92 Å². The van der Waals surface area contributed by atoms with Gasteiger partial charge in [-0.1, -0.05) is 27.2 Å². The van der Waals surface area contributed by atoms with Crippen LogP contribution in [0.1, 0.15) is 53.9 Å². The fourth-order valence-corrected chi connectivity index (χ4v) is 1.63. The van der Waals surface area contributed by atoms with Crippen LogP contribution in [0.4, 0.5) is 0 Å². The molecule has 0 aliphatic carbocycles. The molecule has 0 spiro atoms. The average molecular weight is 229 g/mol. The van der Waals surface area contributed by atoms with E-state index < -0.39 is 0 Å². The van der Waals surface area contributed by atoms with Gasteiger partial charge in [0.25, 0.3) is 0 Å². The maximum absolute atomic E-state index is 11.4. The standard InChI is InChI=1S/C13H27NO2/c1-6-7-11(4)14-12(5)8-13(15)16-9-10(2)3/h10-12,14H,6-9H2,1-5H3. The first-order chi connectivity index (χ1) is 7.45. The Kier molecular flexibility index (Phi) is 8.26. The van der Waals surface area contributed by atoms with Crippen LogP contribution in [0.25, 0.3) is 0 Å². The van der Waals surface area contributed by atoms with Gasteiger partial charge in [-0.05, 0) is 26.2 Å². The number of esters is 1. The Morgan fingerprint density at radius 3 is 2.31 bits per heavy atom. The molecule has 0 rings (SSSR count). The van der Waals surface area contributed by atoms with Crippen molar-refractivity contribution in [3.05, 3.63) is 0 Å². The molecule has 0 aliphatic rings. The van der Waals surface area contributed by atoms with Gasteiger partial charge in [-0.25, -0.2) is 0 Å². The van der Waals surface area contributed by atoms with Gasteiger partial charge in [0.05, 0.1) is 13.0 Å². The zero-order chi connectivity index (χ0) is 12.6. The monoisotopic (exact) mass is 229 g/mol. The van der Waals surface area contributed by atoms with Gasteiger partial charge in [0, 0.05) is 12.1 Å². The van der Waals surface area contributed by atoms with Crippen LogP contribution >= 0.6 is 0 Å². The summed E-state index contributed by atoms with van der Waals surface area (Å²) >= 11 is 0. The van der Waals surface area contributed by atoms with Gasteiger partial charge in [0.1, 0.15) is 0 Å². The lowest BCUT2D eigenvalue weighted by Gasteiger charge is -2.19. The third-order valence-electron chi connectivity index (χ3n) is 2.34. The summed E-state index contributed by atoms with van der Waals surface area (Å²) in [5.74, 6) is 0.309. The van der Waals surface area contributed by atoms with E-state index in [2.05, 4.69) is 19.2 Å². The summed E-state index contributed by atoms with van der Waals surface area (Å²) in [6, 6.07) is 0.666. The van der Waals surface area contributed by atoms with E-state index in [9.17, 15) is 4.79 Å². The van der Waals surface area contributed by atoms with Gasteiger partial charge in [-0.2, -0.15) is 0 Å². The summed E-state index contributed by atoms with van der Waals surface area (Å²) in [6.45, 7) is 11.0. The van der Waals surface area contributed by atoms with Crippen molar-refractivity contribution in [2.45, 2.75) is 66.0 Å². The molecule has 0 radical (unpaired) electrons. The summed E-state index contributed by atoms with van der Waals surface area (Å²) in [5, 5.41) is 3.40. The second-order valence-corrected chi connectivity index (χ2v) is 5.04. The summed E-state index contributed by atoms with van der Waals surface area (Å²) in [5.41, 5.74) is 0. The Bertz CT molecular complexity index is 192. The molecule has 0 heterocycles. The average Bonchev–Trinajstić information content (AvgIpc) is 2.14. The van der Waals surface area contributed by atoms with E-state index in [1.807, 2.05) is 20.8 Å². The molecule has 1 N–H and O–H groups in total. The second-order valence-electron chi connectivity index (χ2n) is 5.04. The highest BCUT2D eigenvalue weighted by molar-refractivity contribution is 5.70. The van der Waals surface area contributed by atoms with Crippen molar-refractivity contribution >= 4 is 5.97 Å². The molecule has 0 saturated carbocycles. The van der Waals surface area contributed by atoms with Gasteiger partial charge in [-0.15, -0.1) is 0 Å². The molecule has 0 aliphatic heterocycles. The van der Waals surface area contributed by atoms with E-state index in [1.165, 1.54) is 6.42 Å². The predicted octanol–water partition coefficient (Wildman–Crippen LogP) is 2.74. The Labute approximate surface area is 99.9 Å². The molecular weight excluding hydrogens is 202 g/mol. The minimum atomic E-state index is -0.0996. The molecule has 0 bridgehead atoms. The summed E-state index contributed by atoms with van der Waals surface area (Å²) in [7, 11) is 0. The second kappa shape index (κ2) is 8.57. The van der Waals surface area contributed by atoms with Crippen LogP contribution in [-0.4, -0.2) is 24.7 Å². The Morgan fingerprint density at radius 2 is 1.81 bits per heavy atom. The quantitative estimate of drug-likeness (QED) is 0.650. The van der Waals surface area contributed by atoms with Crippen molar-refractivity contribution in [1.29, 1.82) is 0 Å². The van der Waals surface area contributed by atoms with Gasteiger partial charge >= 0.3 is 5.97 Å². The molecule has 0 aromatic carbocycles. The van der Waals surface area contributed by atoms with Gasteiger partial charge in [-0.3, -0.25) is 4.79 Å². The summed E-state index contributed by atoms with van der Waals surface area (Å²) < 4.78 is 5.14. The lowest BCUT2D eigenvalue weighted by molar-refractivity contribution is -0.145. The largest absolute Gasteiger partial charge is 0.465 e. The molecule has 2 unspecified atom stereocenters. The zero-order valence-electron chi connectivity index (χ0n) is 11.4. The SMILES string of the molecule is CCCC(C)NC(C)CC(=O)OCC(C)C. The van der Waals surface area contributed by atoms with Crippen molar-refractivity contribution < 1.29 is 9.53 Å². The molecule has 96 valence electrons. The highest BCUT2D eigenvalue weighted by atomic mass is 16.5. The third-order valence-corrected chi connectivity index (χ3v) is 2.34. The molecule has 16 heavy (non-hydrogen) atoms. The maximum Gasteiger partial charge on any atom is 0.307 e. The van der Waals surface area contributed by atoms with Gasteiger partial charge in [0.2, 0.25) is 0 Å². The molecule has 3 nitrogen and oxygen atoms in total. The van der Waals surface area contributed by atoms with Crippen molar-refractivity contribution in [2.75, 3.05) is 6.61 Å². The highest BCUT2D eigenvalue weighted by Gasteiger charge is 2.12. The van der Waals surface area contributed by atoms with Crippen LogP contribution in [0.5, 0.6) is 0 Å². The van der Waals surface area contributed by atoms with E-state index in [4.69, 9.17) is 4.74 Å². The molecule has 0 fully saturated rings. The number of carbonyl (C=O) groups is 1. The minimum Gasteiger partial charge on any atom is -0.465 e. The molecular formula is C13H27NO2. The van der Waals surface area contributed by atoms with E-state index >= 15 is 0 Å². The van der Waals surface area contributed by atoms with Crippen LogP contribution in [-0.2, 0) is 9.53 Å². The lowest BCUT2D eigenvalue weighted by Crippen LogP contribution is -2.36. The smallest absolute Gasteiger partial charge is 0.307 e. The molecule has 2 atom stereocenters. The normalized spacial score (nSPS) is 14.9. The van der Waals surface area contributed by atoms with Gasteiger partial charge < -0.3 is 10.1 Å². The fourth-order valence-electron chi connectivity index (χ4n) is 1.63. The first-order valence-corrected chi connectivity index (χ1v) is 6.37. The third kappa shape index (κ3) is 8.72. The molecule has 3 heteroatoms. The summed E-state index contributed by atoms with van der Waals surface area (Å²) in [4.78, 5) is 11.4. The number of nitrogens with one attached hydrogen (secondary N) is 1.